The number of piperidine rings is 1. The van der Waals surface area contributed by atoms with Crippen LogP contribution in [-0.4, -0.2) is 137 Å². The number of nitrogens with zero attached hydrogens (tertiary/aromatic N) is 1. The molecule has 1 aliphatic carbocycles. The largest absolute Gasteiger partial charge is 0.460 e. The Morgan fingerprint density at radius 1 is 0.815 bits per heavy atom. The summed E-state index contributed by atoms with van der Waals surface area (Å²) in [5.74, 6) is -7.26. The quantitative estimate of drug-likeness (QED) is 0.138. The molecular formula is C51H81NO13. The van der Waals surface area contributed by atoms with Gasteiger partial charge < -0.3 is 49.0 Å². The van der Waals surface area contributed by atoms with Gasteiger partial charge in [0.05, 0.1) is 30.5 Å². The lowest BCUT2D eigenvalue weighted by Gasteiger charge is -2.43. The average Bonchev–Trinajstić information content (AvgIpc) is 3.28. The van der Waals surface area contributed by atoms with Crippen LogP contribution in [0.1, 0.15) is 126 Å². The maximum Gasteiger partial charge on any atom is 0.329 e. The number of carbonyl (C=O) groups is 4. The fraction of sp³-hybridized carbons (Fsp3) is 0.765. The number of cyclic esters (lactones) is 1. The molecule has 65 heavy (non-hydrogen) atoms. The Hall–Kier alpha value is -3.08. The third-order valence-corrected chi connectivity index (χ3v) is 14.7. The Labute approximate surface area is 387 Å². The standard InChI is InChI=1S/C51H81NO13/c1-30-16-12-11-13-17-31(2)42(61-8)28-38-21-19-36(7)51(60,65-38)48(57)49(58)52-23-15-14-18-39(52)50(59)64-43(33(4)26-37-20-22-40(53)44(27-37)62-9)29-41(54)32(3)25-35(6)46(56)47(63-10)45(55)34(5)24-30/h11-13,16-17,25,30,32-34,36-44,46-47,53-54,56,60H,14-15,18-24,26-29H2,1-10H3/b13-11?,16-12+,31-17?,35-25+/t30-,32-,33-,34-,36-,37+,38+,39+,40-,41-,42+,43+,44-,46-,47+,51-/m1/s1. The lowest BCUT2D eigenvalue weighted by Crippen LogP contribution is -2.61. The Morgan fingerprint density at radius 3 is 2.22 bits per heavy atom. The number of hydrogen-bond donors (Lipinski definition) is 4. The van der Waals surface area contributed by atoms with E-state index in [2.05, 4.69) is 0 Å². The molecule has 0 aromatic carbocycles. The van der Waals surface area contributed by atoms with Crippen LogP contribution in [0, 0.1) is 35.5 Å². The van der Waals surface area contributed by atoms with Gasteiger partial charge in [-0.1, -0.05) is 71.1 Å². The molecule has 4 N–H and O–H groups in total. The Kier molecular flexibility index (Phi) is 21.3. The highest BCUT2D eigenvalue weighted by Gasteiger charge is 2.53. The molecule has 0 aromatic heterocycles. The minimum Gasteiger partial charge on any atom is -0.460 e. The zero-order valence-corrected chi connectivity index (χ0v) is 40.7. The topological polar surface area (TPSA) is 199 Å². The van der Waals surface area contributed by atoms with E-state index in [4.69, 9.17) is 23.7 Å². The molecule has 0 aromatic rings. The second-order valence-corrected chi connectivity index (χ2v) is 19.8. The van der Waals surface area contributed by atoms with Gasteiger partial charge in [0.25, 0.3) is 11.7 Å². The van der Waals surface area contributed by atoms with Crippen LogP contribution in [0.3, 0.4) is 0 Å². The summed E-state index contributed by atoms with van der Waals surface area (Å²) in [7, 11) is 4.55. The van der Waals surface area contributed by atoms with Gasteiger partial charge in [0.15, 0.2) is 5.78 Å². The van der Waals surface area contributed by atoms with Gasteiger partial charge in [0, 0.05) is 58.5 Å². The van der Waals surface area contributed by atoms with Crippen molar-refractivity contribution >= 4 is 23.4 Å². The smallest absolute Gasteiger partial charge is 0.329 e. The van der Waals surface area contributed by atoms with Crippen LogP contribution in [0.2, 0.25) is 0 Å². The van der Waals surface area contributed by atoms with E-state index >= 15 is 0 Å². The lowest BCUT2D eigenvalue weighted by molar-refractivity contribution is -0.265. The number of ether oxygens (including phenoxy) is 5. The summed E-state index contributed by atoms with van der Waals surface area (Å²) in [6, 6.07) is -1.11. The van der Waals surface area contributed by atoms with Gasteiger partial charge in [-0.15, -0.1) is 0 Å². The van der Waals surface area contributed by atoms with Crippen LogP contribution >= 0.6 is 0 Å². The molecule has 368 valence electrons. The second kappa shape index (κ2) is 25.3. The molecule has 16 atom stereocenters. The summed E-state index contributed by atoms with van der Waals surface area (Å²) >= 11 is 0. The summed E-state index contributed by atoms with van der Waals surface area (Å²) in [5, 5.41) is 45.7. The minimum atomic E-state index is -2.42. The average molecular weight is 916 g/mol. The van der Waals surface area contributed by atoms with Crippen molar-refractivity contribution in [3.63, 3.8) is 0 Å². The number of esters is 1. The number of aliphatic hydroxyl groups is 4. The number of aliphatic hydroxyl groups excluding tert-OH is 3. The number of carbonyl (C=O) groups excluding carboxylic acids is 4. The highest BCUT2D eigenvalue weighted by molar-refractivity contribution is 6.39. The van der Waals surface area contributed by atoms with Gasteiger partial charge >= 0.3 is 5.97 Å². The van der Waals surface area contributed by atoms with Gasteiger partial charge in [-0.05, 0) is 107 Å². The van der Waals surface area contributed by atoms with E-state index in [9.17, 15) is 39.6 Å². The maximum atomic E-state index is 14.4. The van der Waals surface area contributed by atoms with Gasteiger partial charge in [-0.2, -0.15) is 0 Å². The second-order valence-electron chi connectivity index (χ2n) is 19.8. The molecule has 2 saturated heterocycles. The summed E-state index contributed by atoms with van der Waals surface area (Å²) in [6.45, 7) is 13.0. The van der Waals surface area contributed by atoms with Crippen molar-refractivity contribution < 1.29 is 63.3 Å². The van der Waals surface area contributed by atoms with Crippen LogP contribution < -0.4 is 0 Å². The van der Waals surface area contributed by atoms with Gasteiger partial charge in [-0.25, -0.2) is 4.79 Å². The minimum absolute atomic E-state index is 0.0183. The first-order valence-electron chi connectivity index (χ1n) is 24.1. The maximum absolute atomic E-state index is 14.4. The molecule has 3 aliphatic heterocycles. The Morgan fingerprint density at radius 2 is 1.54 bits per heavy atom. The van der Waals surface area contributed by atoms with Crippen molar-refractivity contribution in [1.82, 2.24) is 4.90 Å². The predicted octanol–water partition coefficient (Wildman–Crippen LogP) is 5.97. The molecule has 3 heterocycles. The van der Waals surface area contributed by atoms with Crippen LogP contribution in [0.15, 0.2) is 47.6 Å². The van der Waals surface area contributed by atoms with E-state index in [1.54, 1.807) is 41.1 Å². The lowest BCUT2D eigenvalue weighted by atomic mass is 9.78. The number of amides is 1. The van der Waals surface area contributed by atoms with Crippen LogP contribution in [0.5, 0.6) is 0 Å². The number of ketones is 2. The number of rotatable bonds is 6. The molecule has 2 bridgehead atoms. The SMILES string of the molecule is CO[C@H]1C[C@@H]2CC[C@@H](C)[C@@](O)(O2)C(=O)C(=O)N2CCCC[C@H]2C(=O)O[C@H]([C@H](C)C[C@@H]2CC[C@@H](O)[C@H](OC)C2)C[C@@H](O)[C@H](C)/C=C(\C)[C@@H](O)[C@@H](OC)C(=O)[C@H](C)C[C@H](C)/C=C/C=CC=C1C. The summed E-state index contributed by atoms with van der Waals surface area (Å²) in [4.78, 5) is 57.8. The highest BCUT2D eigenvalue weighted by Crippen LogP contribution is 2.38. The summed E-state index contributed by atoms with van der Waals surface area (Å²) in [5.41, 5.74) is 1.33. The van der Waals surface area contributed by atoms with E-state index in [0.29, 0.717) is 63.4 Å². The first kappa shape index (κ1) is 54.5. The monoisotopic (exact) mass is 916 g/mol. The molecule has 0 unspecified atom stereocenters. The Balaban J connectivity index is 1.70. The number of Topliss-reactive ketones (excluding diaryl/α,β-unsaturated/α-hetero) is 2. The number of fused-ring (bicyclic) bond motifs is 3. The van der Waals surface area contributed by atoms with E-state index in [-0.39, 0.29) is 49.0 Å². The van der Waals surface area contributed by atoms with Crippen molar-refractivity contribution in [3.05, 3.63) is 47.6 Å². The molecule has 14 heteroatoms. The Bertz CT molecular complexity index is 1710. The van der Waals surface area contributed by atoms with E-state index in [1.807, 2.05) is 58.1 Å². The normalized spacial score (nSPS) is 40.2. The molecule has 4 aliphatic rings. The van der Waals surface area contributed by atoms with Crippen molar-refractivity contribution in [2.45, 2.75) is 186 Å². The zero-order valence-electron chi connectivity index (χ0n) is 40.7. The molecule has 3 fully saturated rings. The summed E-state index contributed by atoms with van der Waals surface area (Å²) < 4.78 is 29.5. The summed E-state index contributed by atoms with van der Waals surface area (Å²) in [6.07, 6.45) is 10.9. The number of hydrogen-bond acceptors (Lipinski definition) is 13. The molecule has 0 spiro atoms. The molecule has 14 nitrogen and oxygen atoms in total. The predicted molar refractivity (Wildman–Crippen MR) is 246 cm³/mol. The first-order chi connectivity index (χ1) is 30.7. The first-order valence-corrected chi connectivity index (χ1v) is 24.1. The van der Waals surface area contributed by atoms with E-state index < -0.39 is 90.0 Å². The third kappa shape index (κ3) is 14.5. The van der Waals surface area contributed by atoms with Crippen LogP contribution in [0.25, 0.3) is 0 Å². The number of allylic oxidation sites excluding steroid dienone is 5. The van der Waals surface area contributed by atoms with Crippen molar-refractivity contribution in [2.24, 2.45) is 35.5 Å². The molecule has 1 saturated carbocycles. The third-order valence-electron chi connectivity index (χ3n) is 14.7. The molecule has 4 rings (SSSR count). The van der Waals surface area contributed by atoms with Crippen LogP contribution in [0.4, 0.5) is 0 Å². The van der Waals surface area contributed by atoms with Gasteiger partial charge in [0.1, 0.15) is 24.4 Å². The van der Waals surface area contributed by atoms with Crippen molar-refractivity contribution in [1.29, 1.82) is 0 Å². The highest BCUT2D eigenvalue weighted by atomic mass is 16.6. The fourth-order valence-corrected chi connectivity index (χ4v) is 10.3. The molecule has 1 amide bonds. The zero-order chi connectivity index (χ0) is 48.2. The van der Waals surface area contributed by atoms with Crippen molar-refractivity contribution in [2.75, 3.05) is 27.9 Å². The van der Waals surface area contributed by atoms with E-state index in [0.717, 1.165) is 12.0 Å². The van der Waals surface area contributed by atoms with Gasteiger partial charge in [-0.3, -0.25) is 14.4 Å². The van der Waals surface area contributed by atoms with Crippen molar-refractivity contribution in [3.8, 4) is 0 Å². The number of methoxy groups -OCH3 is 3. The van der Waals surface area contributed by atoms with Gasteiger partial charge in [0.2, 0.25) is 5.79 Å². The molecule has 0 radical (unpaired) electrons. The fourth-order valence-electron chi connectivity index (χ4n) is 10.3. The molecular weight excluding hydrogens is 835 g/mol. The van der Waals surface area contributed by atoms with E-state index in [1.165, 1.54) is 12.0 Å². The van der Waals surface area contributed by atoms with Crippen LogP contribution in [-0.2, 0) is 42.9 Å².